The molecule has 2 heterocycles. The summed E-state index contributed by atoms with van der Waals surface area (Å²) in [7, 11) is 0. The number of carbonyl (C=O) groups is 2. The molecule has 2 aliphatic heterocycles. The number of halogens is 2. The number of rotatable bonds is 5. The summed E-state index contributed by atoms with van der Waals surface area (Å²) in [5, 5.41) is 17.7. The van der Waals surface area contributed by atoms with E-state index in [9.17, 15) is 14.7 Å². The molecule has 3 N–H and O–H groups in total. The third-order valence-corrected chi connectivity index (χ3v) is 6.11. The molecule has 1 fully saturated rings. The number of carbonyl (C=O) groups excluding carboxylic acids is 2. The molecule has 1 unspecified atom stereocenters. The minimum Gasteiger partial charge on any atom is -0.379 e. The molecule has 0 aliphatic carbocycles. The smallest absolute Gasteiger partial charge is 0.329 e. The van der Waals surface area contributed by atoms with Crippen molar-refractivity contribution in [2.75, 3.05) is 49.6 Å². The number of morpholine rings is 1. The van der Waals surface area contributed by atoms with Gasteiger partial charge in [-0.15, -0.1) is 0 Å². The molecule has 0 saturated carbocycles. The van der Waals surface area contributed by atoms with Crippen LogP contribution in [0.15, 0.2) is 42.5 Å². The van der Waals surface area contributed by atoms with E-state index in [1.54, 1.807) is 24.3 Å². The number of nitrogens with one attached hydrogen (secondary N) is 2. The van der Waals surface area contributed by atoms with Crippen molar-refractivity contribution >= 4 is 46.5 Å². The highest BCUT2D eigenvalue weighted by atomic mass is 35.5. The number of hydrogen-bond donors (Lipinski definition) is 3. The van der Waals surface area contributed by atoms with E-state index in [-0.39, 0.29) is 16.3 Å². The fourth-order valence-electron chi connectivity index (χ4n) is 3.76. The Bertz CT molecular complexity index is 999. The van der Waals surface area contributed by atoms with E-state index in [1.165, 1.54) is 18.2 Å². The quantitative estimate of drug-likeness (QED) is 0.632. The van der Waals surface area contributed by atoms with Gasteiger partial charge in [0, 0.05) is 31.7 Å². The van der Waals surface area contributed by atoms with Crippen molar-refractivity contribution < 1.29 is 19.4 Å². The SMILES string of the molecule is O=C1Nc2ccccc2C(O)(C(=O)NCCN2CCOCC2)N1c1ccc(Cl)c(Cl)c1. The maximum atomic E-state index is 13.3. The molecular weight excluding hydrogens is 443 g/mol. The average molecular weight is 465 g/mol. The zero-order valence-electron chi connectivity index (χ0n) is 16.6. The summed E-state index contributed by atoms with van der Waals surface area (Å²) in [6, 6.07) is 10.4. The monoisotopic (exact) mass is 464 g/mol. The second-order valence-electron chi connectivity index (χ2n) is 7.29. The standard InChI is InChI=1S/C21H22Cl2N4O4/c22-16-6-5-14(13-17(16)23)27-20(29)25-18-4-2-1-3-15(18)21(27,30)19(28)24-7-8-26-9-11-31-12-10-26/h1-6,13,30H,7-12H2,(H,24,28)(H,25,29). The molecule has 10 heteroatoms. The van der Waals surface area contributed by atoms with Crippen molar-refractivity contribution in [2.45, 2.75) is 5.72 Å². The van der Waals surface area contributed by atoms with Gasteiger partial charge in [-0.3, -0.25) is 14.6 Å². The van der Waals surface area contributed by atoms with E-state index in [1.807, 2.05) is 0 Å². The van der Waals surface area contributed by atoms with Crippen LogP contribution in [-0.2, 0) is 15.3 Å². The Morgan fingerprint density at radius 2 is 1.90 bits per heavy atom. The van der Waals surface area contributed by atoms with Crippen molar-refractivity contribution in [1.29, 1.82) is 0 Å². The van der Waals surface area contributed by atoms with Crippen molar-refractivity contribution in [1.82, 2.24) is 10.2 Å². The molecule has 1 atom stereocenters. The number of anilines is 2. The lowest BCUT2D eigenvalue weighted by Gasteiger charge is -2.42. The van der Waals surface area contributed by atoms with Crippen LogP contribution in [0.2, 0.25) is 10.0 Å². The second kappa shape index (κ2) is 9.02. The van der Waals surface area contributed by atoms with Gasteiger partial charge in [0.05, 0.1) is 34.6 Å². The zero-order chi connectivity index (χ0) is 22.0. The summed E-state index contributed by atoms with van der Waals surface area (Å²) >= 11 is 12.1. The first-order chi connectivity index (χ1) is 14.9. The summed E-state index contributed by atoms with van der Waals surface area (Å²) in [5.74, 6) is -0.714. The van der Waals surface area contributed by atoms with Crippen LogP contribution in [0, 0.1) is 0 Å². The number of aliphatic hydroxyl groups is 1. The Hall–Kier alpha value is -2.36. The highest BCUT2D eigenvalue weighted by Gasteiger charge is 2.51. The van der Waals surface area contributed by atoms with E-state index in [0.717, 1.165) is 18.0 Å². The van der Waals surface area contributed by atoms with E-state index in [0.29, 0.717) is 37.0 Å². The predicted molar refractivity (Wildman–Crippen MR) is 119 cm³/mol. The fourth-order valence-corrected chi connectivity index (χ4v) is 4.05. The van der Waals surface area contributed by atoms with Gasteiger partial charge in [0.2, 0.25) is 0 Å². The summed E-state index contributed by atoms with van der Waals surface area (Å²) in [5.41, 5.74) is -1.44. The van der Waals surface area contributed by atoms with E-state index >= 15 is 0 Å². The van der Waals surface area contributed by atoms with Crippen molar-refractivity contribution in [3.63, 3.8) is 0 Å². The number of ether oxygens (including phenoxy) is 1. The maximum Gasteiger partial charge on any atom is 0.329 e. The molecule has 4 rings (SSSR count). The van der Waals surface area contributed by atoms with Crippen LogP contribution in [0.4, 0.5) is 16.2 Å². The second-order valence-corrected chi connectivity index (χ2v) is 8.11. The Balaban J connectivity index is 1.65. The molecule has 0 radical (unpaired) electrons. The van der Waals surface area contributed by atoms with Crippen molar-refractivity contribution in [2.24, 2.45) is 0 Å². The Labute approximate surface area is 189 Å². The van der Waals surface area contributed by atoms with E-state index < -0.39 is 17.7 Å². The summed E-state index contributed by atoms with van der Waals surface area (Å²) in [4.78, 5) is 29.4. The number of urea groups is 1. The molecule has 0 bridgehead atoms. The average Bonchev–Trinajstić information content (AvgIpc) is 2.77. The minimum atomic E-state index is -2.28. The van der Waals surface area contributed by atoms with Crippen LogP contribution in [0.5, 0.6) is 0 Å². The lowest BCUT2D eigenvalue weighted by atomic mass is 9.95. The third-order valence-electron chi connectivity index (χ3n) is 5.37. The summed E-state index contributed by atoms with van der Waals surface area (Å²) in [6.07, 6.45) is 0. The Kier molecular flexibility index (Phi) is 6.36. The highest BCUT2D eigenvalue weighted by Crippen LogP contribution is 2.41. The van der Waals surface area contributed by atoms with Crippen LogP contribution in [0.25, 0.3) is 0 Å². The van der Waals surface area contributed by atoms with Gasteiger partial charge in [-0.05, 0) is 24.3 Å². The van der Waals surface area contributed by atoms with Gasteiger partial charge in [0.25, 0.3) is 11.6 Å². The lowest BCUT2D eigenvalue weighted by Crippen LogP contribution is -2.63. The molecule has 3 amide bonds. The molecule has 164 valence electrons. The number of hydrogen-bond acceptors (Lipinski definition) is 5. The Morgan fingerprint density at radius 1 is 1.16 bits per heavy atom. The molecule has 31 heavy (non-hydrogen) atoms. The van der Waals surface area contributed by atoms with Crippen molar-refractivity contribution in [3.8, 4) is 0 Å². The molecule has 8 nitrogen and oxygen atoms in total. The number of nitrogens with zero attached hydrogens (tertiary/aromatic N) is 2. The van der Waals surface area contributed by atoms with Crippen LogP contribution in [0.1, 0.15) is 5.56 Å². The highest BCUT2D eigenvalue weighted by molar-refractivity contribution is 6.42. The number of amides is 3. The summed E-state index contributed by atoms with van der Waals surface area (Å²) in [6.45, 7) is 3.76. The van der Waals surface area contributed by atoms with Crippen molar-refractivity contribution in [3.05, 3.63) is 58.1 Å². The van der Waals surface area contributed by atoms with Gasteiger partial charge in [0.15, 0.2) is 0 Å². The van der Waals surface area contributed by atoms with Gasteiger partial charge in [0.1, 0.15) is 0 Å². The fraction of sp³-hybridized carbons (Fsp3) is 0.333. The Morgan fingerprint density at radius 3 is 2.65 bits per heavy atom. The maximum absolute atomic E-state index is 13.3. The molecule has 1 saturated heterocycles. The van der Waals surface area contributed by atoms with Gasteiger partial charge in [-0.2, -0.15) is 0 Å². The largest absolute Gasteiger partial charge is 0.379 e. The molecule has 0 spiro atoms. The van der Waals surface area contributed by atoms with Crippen LogP contribution in [0.3, 0.4) is 0 Å². The third kappa shape index (κ3) is 4.22. The topological polar surface area (TPSA) is 94.1 Å². The van der Waals surface area contributed by atoms with Gasteiger partial charge in [-0.1, -0.05) is 41.4 Å². The normalized spacial score (nSPS) is 21.4. The van der Waals surface area contributed by atoms with Crippen LogP contribution in [-0.4, -0.2) is 61.3 Å². The number of para-hydroxylation sites is 1. The van der Waals surface area contributed by atoms with Gasteiger partial charge < -0.3 is 20.5 Å². The van der Waals surface area contributed by atoms with E-state index in [4.69, 9.17) is 27.9 Å². The molecule has 2 aromatic carbocycles. The molecule has 2 aromatic rings. The number of benzene rings is 2. The molecule has 0 aromatic heterocycles. The first-order valence-corrected chi connectivity index (χ1v) is 10.6. The lowest BCUT2D eigenvalue weighted by molar-refractivity contribution is -0.140. The van der Waals surface area contributed by atoms with Gasteiger partial charge in [-0.25, -0.2) is 4.79 Å². The van der Waals surface area contributed by atoms with Gasteiger partial charge >= 0.3 is 6.03 Å². The predicted octanol–water partition coefficient (Wildman–Crippen LogP) is 2.64. The van der Waals surface area contributed by atoms with E-state index in [2.05, 4.69) is 15.5 Å². The first kappa shape index (κ1) is 21.9. The summed E-state index contributed by atoms with van der Waals surface area (Å²) < 4.78 is 5.33. The van der Waals surface area contributed by atoms with Crippen LogP contribution < -0.4 is 15.5 Å². The zero-order valence-corrected chi connectivity index (χ0v) is 18.1. The number of fused-ring (bicyclic) bond motifs is 1. The first-order valence-electron chi connectivity index (χ1n) is 9.88. The molecular formula is C21H22Cl2N4O4. The van der Waals surface area contributed by atoms with Crippen LogP contribution >= 0.6 is 23.2 Å². The minimum absolute atomic E-state index is 0.195. The molecule has 2 aliphatic rings.